The van der Waals surface area contributed by atoms with Gasteiger partial charge in [0.1, 0.15) is 6.10 Å². The first-order chi connectivity index (χ1) is 7.60. The summed E-state index contributed by atoms with van der Waals surface area (Å²) in [7, 11) is 0. The second-order valence-corrected chi connectivity index (χ2v) is 4.73. The van der Waals surface area contributed by atoms with E-state index in [0.717, 1.165) is 31.6 Å². The predicted molar refractivity (Wildman–Crippen MR) is 68.3 cm³/mol. The predicted octanol–water partition coefficient (Wildman–Crippen LogP) is 4.10. The maximum Gasteiger partial charge on any atom is 0.330 e. The number of carbonyl (C=O) groups excluding carboxylic acids is 1. The number of esters is 1. The molecular formula is C14H26O2. The third-order valence-electron chi connectivity index (χ3n) is 2.62. The molecule has 0 aromatic heterocycles. The Bertz CT molecular complexity index is 197. The van der Waals surface area contributed by atoms with E-state index in [2.05, 4.69) is 27.4 Å². The van der Waals surface area contributed by atoms with E-state index in [0.29, 0.717) is 0 Å². The van der Waals surface area contributed by atoms with Crippen LogP contribution >= 0.6 is 0 Å². The number of hydrogen-bond acceptors (Lipinski definition) is 2. The lowest BCUT2D eigenvalue weighted by molar-refractivity contribution is -0.143. The lowest BCUT2D eigenvalue weighted by atomic mass is 10.0. The van der Waals surface area contributed by atoms with Gasteiger partial charge in [-0.25, -0.2) is 4.79 Å². The van der Waals surface area contributed by atoms with E-state index in [1.54, 1.807) is 0 Å². The van der Waals surface area contributed by atoms with Crippen molar-refractivity contribution in [3.63, 3.8) is 0 Å². The highest BCUT2D eigenvalue weighted by atomic mass is 16.5. The van der Waals surface area contributed by atoms with Crippen molar-refractivity contribution >= 4 is 5.97 Å². The molecule has 0 bridgehead atoms. The molecule has 0 N–H and O–H groups in total. The SMILES string of the molecule is C=CC(=O)OC(CCC)CCCCC(C)C. The number of rotatable bonds is 9. The van der Waals surface area contributed by atoms with Gasteiger partial charge in [0.2, 0.25) is 0 Å². The Morgan fingerprint density at radius 2 is 1.88 bits per heavy atom. The Morgan fingerprint density at radius 3 is 2.38 bits per heavy atom. The fourth-order valence-electron chi connectivity index (χ4n) is 1.72. The molecule has 0 aliphatic heterocycles. The highest BCUT2D eigenvalue weighted by Gasteiger charge is 2.11. The molecule has 0 radical (unpaired) electrons. The normalized spacial score (nSPS) is 12.5. The molecule has 94 valence electrons. The molecule has 1 unspecified atom stereocenters. The molecule has 0 fully saturated rings. The summed E-state index contributed by atoms with van der Waals surface area (Å²) in [6.45, 7) is 10.0. The molecule has 1 atom stereocenters. The van der Waals surface area contributed by atoms with Crippen molar-refractivity contribution in [1.82, 2.24) is 0 Å². The summed E-state index contributed by atoms with van der Waals surface area (Å²) in [5.74, 6) is 0.475. The number of carbonyl (C=O) groups is 1. The summed E-state index contributed by atoms with van der Waals surface area (Å²) >= 11 is 0. The van der Waals surface area contributed by atoms with Gasteiger partial charge in [0.15, 0.2) is 0 Å². The minimum absolute atomic E-state index is 0.0858. The maximum atomic E-state index is 11.1. The molecule has 0 aliphatic rings. The van der Waals surface area contributed by atoms with Crippen molar-refractivity contribution in [1.29, 1.82) is 0 Å². The van der Waals surface area contributed by atoms with Crippen molar-refractivity contribution in [3.05, 3.63) is 12.7 Å². The molecule has 0 rings (SSSR count). The minimum atomic E-state index is -0.290. The highest BCUT2D eigenvalue weighted by Crippen LogP contribution is 2.14. The van der Waals surface area contributed by atoms with Crippen LogP contribution in [-0.4, -0.2) is 12.1 Å². The maximum absolute atomic E-state index is 11.1. The van der Waals surface area contributed by atoms with Gasteiger partial charge >= 0.3 is 5.97 Å². The van der Waals surface area contributed by atoms with Crippen LogP contribution in [0.1, 0.15) is 59.3 Å². The topological polar surface area (TPSA) is 26.3 Å². The van der Waals surface area contributed by atoms with E-state index < -0.39 is 0 Å². The summed E-state index contributed by atoms with van der Waals surface area (Å²) in [4.78, 5) is 11.1. The zero-order valence-electron chi connectivity index (χ0n) is 11.0. The minimum Gasteiger partial charge on any atom is -0.459 e. The number of ether oxygens (including phenoxy) is 1. The third-order valence-corrected chi connectivity index (χ3v) is 2.62. The average Bonchev–Trinajstić information content (AvgIpc) is 2.24. The Kier molecular flexibility index (Phi) is 8.97. The van der Waals surface area contributed by atoms with Gasteiger partial charge in [0.05, 0.1) is 0 Å². The van der Waals surface area contributed by atoms with Gasteiger partial charge in [0, 0.05) is 6.08 Å². The van der Waals surface area contributed by atoms with E-state index in [4.69, 9.17) is 4.74 Å². The molecule has 0 aliphatic carbocycles. The summed E-state index contributed by atoms with van der Waals surface area (Å²) in [5, 5.41) is 0. The zero-order chi connectivity index (χ0) is 12.4. The van der Waals surface area contributed by atoms with Crippen molar-refractivity contribution in [2.45, 2.75) is 65.4 Å². The second kappa shape index (κ2) is 9.44. The Balaban J connectivity index is 3.75. The van der Waals surface area contributed by atoms with Gasteiger partial charge in [-0.05, 0) is 25.2 Å². The van der Waals surface area contributed by atoms with Crippen LogP contribution in [0.2, 0.25) is 0 Å². The van der Waals surface area contributed by atoms with Crippen LogP contribution in [0, 0.1) is 5.92 Å². The van der Waals surface area contributed by atoms with E-state index in [9.17, 15) is 4.79 Å². The molecule has 0 aromatic carbocycles. The van der Waals surface area contributed by atoms with Gasteiger partial charge in [-0.3, -0.25) is 0 Å². The standard InChI is InChI=1S/C14H26O2/c1-5-9-13(16-14(15)6-2)11-8-7-10-12(3)4/h6,12-13H,2,5,7-11H2,1,3-4H3. The molecule has 0 heterocycles. The zero-order valence-corrected chi connectivity index (χ0v) is 11.0. The van der Waals surface area contributed by atoms with Crippen LogP contribution in [0.4, 0.5) is 0 Å². The molecule has 16 heavy (non-hydrogen) atoms. The van der Waals surface area contributed by atoms with Gasteiger partial charge in [-0.15, -0.1) is 0 Å². The molecular weight excluding hydrogens is 200 g/mol. The lowest BCUT2D eigenvalue weighted by Gasteiger charge is -2.16. The van der Waals surface area contributed by atoms with Crippen LogP contribution in [-0.2, 0) is 9.53 Å². The van der Waals surface area contributed by atoms with Gasteiger partial charge in [-0.2, -0.15) is 0 Å². The number of hydrogen-bond donors (Lipinski definition) is 0. The van der Waals surface area contributed by atoms with Gasteiger partial charge in [0.25, 0.3) is 0 Å². The molecule has 0 spiro atoms. The monoisotopic (exact) mass is 226 g/mol. The second-order valence-electron chi connectivity index (χ2n) is 4.73. The van der Waals surface area contributed by atoms with E-state index in [-0.39, 0.29) is 12.1 Å². The van der Waals surface area contributed by atoms with E-state index >= 15 is 0 Å². The lowest BCUT2D eigenvalue weighted by Crippen LogP contribution is -2.16. The van der Waals surface area contributed by atoms with E-state index in [1.807, 2.05) is 0 Å². The summed E-state index contributed by atoms with van der Waals surface area (Å²) in [6, 6.07) is 0. The van der Waals surface area contributed by atoms with Gasteiger partial charge in [-0.1, -0.05) is 46.6 Å². The fourth-order valence-corrected chi connectivity index (χ4v) is 1.72. The van der Waals surface area contributed by atoms with Crippen LogP contribution in [0.25, 0.3) is 0 Å². The first kappa shape index (κ1) is 15.2. The number of unbranched alkanes of at least 4 members (excludes halogenated alkanes) is 1. The van der Waals surface area contributed by atoms with Crippen molar-refractivity contribution in [3.8, 4) is 0 Å². The van der Waals surface area contributed by atoms with E-state index in [1.165, 1.54) is 18.9 Å². The van der Waals surface area contributed by atoms with Crippen LogP contribution < -0.4 is 0 Å². The molecule has 0 saturated heterocycles. The van der Waals surface area contributed by atoms with Crippen LogP contribution in [0.3, 0.4) is 0 Å². The summed E-state index contributed by atoms with van der Waals surface area (Å²) < 4.78 is 5.29. The Labute approximate surface area is 100 Å². The first-order valence-corrected chi connectivity index (χ1v) is 6.43. The van der Waals surface area contributed by atoms with Crippen molar-refractivity contribution < 1.29 is 9.53 Å². The first-order valence-electron chi connectivity index (χ1n) is 6.43. The quantitative estimate of drug-likeness (QED) is 0.336. The molecule has 0 amide bonds. The van der Waals surface area contributed by atoms with Gasteiger partial charge < -0.3 is 4.74 Å². The fraction of sp³-hybridized carbons (Fsp3) is 0.786. The smallest absolute Gasteiger partial charge is 0.330 e. The molecule has 0 aromatic rings. The van der Waals surface area contributed by atoms with Crippen molar-refractivity contribution in [2.24, 2.45) is 5.92 Å². The highest BCUT2D eigenvalue weighted by molar-refractivity contribution is 5.81. The molecule has 0 saturated carbocycles. The Hall–Kier alpha value is -0.790. The van der Waals surface area contributed by atoms with Crippen LogP contribution in [0.5, 0.6) is 0 Å². The summed E-state index contributed by atoms with van der Waals surface area (Å²) in [5.41, 5.74) is 0. The van der Waals surface area contributed by atoms with Crippen LogP contribution in [0.15, 0.2) is 12.7 Å². The Morgan fingerprint density at radius 1 is 1.25 bits per heavy atom. The van der Waals surface area contributed by atoms with Crippen molar-refractivity contribution in [2.75, 3.05) is 0 Å². The molecule has 2 nitrogen and oxygen atoms in total. The molecule has 2 heteroatoms. The summed E-state index contributed by atoms with van der Waals surface area (Å²) in [6.07, 6.45) is 7.96. The average molecular weight is 226 g/mol. The third kappa shape index (κ3) is 8.51. The largest absolute Gasteiger partial charge is 0.459 e.